The van der Waals surface area contributed by atoms with Gasteiger partial charge in [0.15, 0.2) is 0 Å². The number of benzene rings is 4. The van der Waals surface area contributed by atoms with E-state index < -0.39 is 0 Å². The van der Waals surface area contributed by atoms with Crippen LogP contribution >= 0.6 is 12.4 Å². The second kappa shape index (κ2) is 25.6. The Kier molecular flexibility index (Phi) is 20.3. The molecule has 2 fully saturated rings. The molecule has 318 valence electrons. The third-order valence-corrected chi connectivity index (χ3v) is 10.9. The molecule has 4 aromatic rings. The van der Waals surface area contributed by atoms with Crippen LogP contribution in [0.15, 0.2) is 121 Å². The van der Waals surface area contributed by atoms with Gasteiger partial charge < -0.3 is 34.8 Å². The highest BCUT2D eigenvalue weighted by Crippen LogP contribution is 2.22. The number of rotatable bonds is 17. The molecule has 0 spiro atoms. The molecule has 2 heterocycles. The van der Waals surface area contributed by atoms with Gasteiger partial charge in [0, 0.05) is 44.8 Å². The van der Waals surface area contributed by atoms with Crippen LogP contribution in [0.3, 0.4) is 0 Å². The van der Waals surface area contributed by atoms with E-state index in [1.54, 1.807) is 4.90 Å². The summed E-state index contributed by atoms with van der Waals surface area (Å²) in [5, 5.41) is 6.63. The van der Waals surface area contributed by atoms with Crippen LogP contribution in [0.2, 0.25) is 0 Å². The number of carbonyl (C=O) groups is 3. The lowest BCUT2D eigenvalue weighted by atomic mass is 10.0. The molecule has 3 amide bonds. The molecule has 2 aliphatic rings. The summed E-state index contributed by atoms with van der Waals surface area (Å²) in [5.41, 5.74) is 4.38. The largest absolute Gasteiger partial charge is 0.445 e. The van der Waals surface area contributed by atoms with Crippen LogP contribution in [-0.2, 0) is 40.3 Å². The first-order valence-corrected chi connectivity index (χ1v) is 21.0. The van der Waals surface area contributed by atoms with Crippen molar-refractivity contribution < 1.29 is 23.9 Å². The Bertz CT molecular complexity index is 1780. The summed E-state index contributed by atoms with van der Waals surface area (Å²) in [6.07, 6.45) is 5.17. The fourth-order valence-corrected chi connectivity index (χ4v) is 7.62. The first-order chi connectivity index (χ1) is 28.3. The Labute approximate surface area is 358 Å². The number of nitrogens with zero attached hydrogens (tertiary/aromatic N) is 3. The van der Waals surface area contributed by atoms with Crippen LogP contribution in [0.25, 0.3) is 0 Å². The molecule has 10 nitrogen and oxygen atoms in total. The molecule has 2 aliphatic heterocycles. The monoisotopic (exact) mass is 825 g/mol. The van der Waals surface area contributed by atoms with Crippen molar-refractivity contribution in [3.8, 4) is 0 Å². The fourth-order valence-electron chi connectivity index (χ4n) is 7.62. The number of ether oxygens (including phenoxy) is 2. The van der Waals surface area contributed by atoms with Crippen molar-refractivity contribution in [2.45, 2.75) is 83.7 Å². The lowest BCUT2D eigenvalue weighted by Crippen LogP contribution is -2.52. The standard InChI is InChI=1S/C27H37N3O3.C21H26N2O2.ClH/c1-21(2)25(28-3)26(31)30-17-10-15-24(30)19-29(18-16-22-11-6-4-7-12-22)27(32)33-20-23-13-8-5-9-14-23;24-21(25-17-19-10-5-2-6-11-19)23(16-20-12-7-14-22-20)15-13-18-8-3-1-4-9-18;/h4-9,11-14,21,24-25,28H,10,15-20H2,1-3H3;1-6,8-11,20,22H,7,12-17H2;1H/t24-,25-;20-;/m00./s1. The summed E-state index contributed by atoms with van der Waals surface area (Å²) in [7, 11) is 1.83. The Hall–Kier alpha value is -4.90. The number of hydrogen-bond acceptors (Lipinski definition) is 7. The number of carbonyl (C=O) groups excluding carboxylic acids is 3. The number of halogens is 1. The quantitative estimate of drug-likeness (QED) is 0.111. The van der Waals surface area contributed by atoms with Crippen LogP contribution in [0.1, 0.15) is 61.8 Å². The highest BCUT2D eigenvalue weighted by Gasteiger charge is 2.35. The molecule has 0 unspecified atom stereocenters. The molecule has 4 aromatic carbocycles. The van der Waals surface area contributed by atoms with Gasteiger partial charge in [0.05, 0.1) is 6.04 Å². The summed E-state index contributed by atoms with van der Waals surface area (Å²) in [6, 6.07) is 40.1. The zero-order chi connectivity index (χ0) is 41.0. The topological polar surface area (TPSA) is 103 Å². The summed E-state index contributed by atoms with van der Waals surface area (Å²) in [6.45, 7) is 8.86. The SMILES string of the molecule is CN[C@H](C(=O)N1CCC[C@H]1CN(CCc1ccccc1)C(=O)OCc1ccccc1)C(C)C.Cl.O=C(OCc1ccccc1)N(CCc1ccccc1)C[C@@H]1CCCN1. The second-order valence-electron chi connectivity index (χ2n) is 15.6. The Morgan fingerprint density at radius 1 is 0.678 bits per heavy atom. The average molecular weight is 827 g/mol. The molecule has 6 rings (SSSR count). The van der Waals surface area contributed by atoms with Crippen LogP contribution in [0, 0.1) is 5.92 Å². The van der Waals surface area contributed by atoms with Crippen molar-refractivity contribution in [3.05, 3.63) is 144 Å². The minimum Gasteiger partial charge on any atom is -0.445 e. The van der Waals surface area contributed by atoms with Gasteiger partial charge in [0.2, 0.25) is 5.91 Å². The van der Waals surface area contributed by atoms with Crippen LogP contribution in [-0.4, -0.2) is 97.2 Å². The molecule has 2 saturated heterocycles. The number of likely N-dealkylation sites (N-methyl/N-ethyl adjacent to an activating group) is 1. The predicted octanol–water partition coefficient (Wildman–Crippen LogP) is 8.14. The average Bonchev–Trinajstić information content (AvgIpc) is 3.96. The van der Waals surface area contributed by atoms with Crippen molar-refractivity contribution in [1.29, 1.82) is 0 Å². The van der Waals surface area contributed by atoms with Gasteiger partial charge in [-0.05, 0) is 80.3 Å². The van der Waals surface area contributed by atoms with E-state index in [1.165, 1.54) is 17.5 Å². The van der Waals surface area contributed by atoms with E-state index in [0.717, 1.165) is 56.3 Å². The van der Waals surface area contributed by atoms with Crippen molar-refractivity contribution >= 4 is 30.5 Å². The van der Waals surface area contributed by atoms with Gasteiger partial charge in [-0.25, -0.2) is 9.59 Å². The number of hydrogen-bond donors (Lipinski definition) is 2. The van der Waals surface area contributed by atoms with E-state index >= 15 is 0 Å². The lowest BCUT2D eigenvalue weighted by Gasteiger charge is -2.33. The normalized spacial score (nSPS) is 16.3. The van der Waals surface area contributed by atoms with E-state index in [9.17, 15) is 14.4 Å². The summed E-state index contributed by atoms with van der Waals surface area (Å²) in [4.78, 5) is 44.5. The highest BCUT2D eigenvalue weighted by atomic mass is 35.5. The third kappa shape index (κ3) is 15.7. The minimum atomic E-state index is -0.330. The van der Waals surface area contributed by atoms with E-state index in [4.69, 9.17) is 9.47 Å². The molecule has 11 heteroatoms. The minimum absolute atomic E-state index is 0. The predicted molar refractivity (Wildman–Crippen MR) is 237 cm³/mol. The summed E-state index contributed by atoms with van der Waals surface area (Å²) >= 11 is 0. The zero-order valence-corrected chi connectivity index (χ0v) is 35.9. The highest BCUT2D eigenvalue weighted by molar-refractivity contribution is 5.85. The Balaban J connectivity index is 0.000000265. The molecule has 59 heavy (non-hydrogen) atoms. The molecule has 0 radical (unpaired) electrons. The number of amides is 3. The van der Waals surface area contributed by atoms with Crippen LogP contribution < -0.4 is 10.6 Å². The molecule has 0 saturated carbocycles. The van der Waals surface area contributed by atoms with E-state index in [0.29, 0.717) is 38.8 Å². The lowest BCUT2D eigenvalue weighted by molar-refractivity contribution is -0.135. The molecule has 0 aromatic heterocycles. The van der Waals surface area contributed by atoms with Gasteiger partial charge in [-0.3, -0.25) is 4.79 Å². The number of likely N-dealkylation sites (tertiary alicyclic amines) is 1. The molecule has 0 aliphatic carbocycles. The van der Waals surface area contributed by atoms with Gasteiger partial charge in [-0.15, -0.1) is 12.4 Å². The summed E-state index contributed by atoms with van der Waals surface area (Å²) in [5.74, 6) is 0.324. The second-order valence-corrected chi connectivity index (χ2v) is 15.6. The van der Waals surface area contributed by atoms with Gasteiger partial charge in [-0.1, -0.05) is 135 Å². The molecule has 0 bridgehead atoms. The maximum absolute atomic E-state index is 13.2. The van der Waals surface area contributed by atoms with E-state index in [1.807, 2.05) is 114 Å². The van der Waals surface area contributed by atoms with Crippen LogP contribution in [0.5, 0.6) is 0 Å². The van der Waals surface area contributed by atoms with Crippen molar-refractivity contribution in [3.63, 3.8) is 0 Å². The maximum atomic E-state index is 13.2. The van der Waals surface area contributed by atoms with Crippen molar-refractivity contribution in [2.24, 2.45) is 5.92 Å². The van der Waals surface area contributed by atoms with Gasteiger partial charge >= 0.3 is 12.2 Å². The van der Waals surface area contributed by atoms with E-state index in [2.05, 4.69) is 48.7 Å². The molecular weight excluding hydrogens is 762 g/mol. The van der Waals surface area contributed by atoms with Crippen molar-refractivity contribution in [2.75, 3.05) is 46.3 Å². The fraction of sp³-hybridized carbons (Fsp3) is 0.438. The third-order valence-electron chi connectivity index (χ3n) is 10.9. The molecule has 2 N–H and O–H groups in total. The van der Waals surface area contributed by atoms with Gasteiger partial charge in [0.25, 0.3) is 0 Å². The Morgan fingerprint density at radius 3 is 1.56 bits per heavy atom. The van der Waals surface area contributed by atoms with Gasteiger partial charge in [0.1, 0.15) is 13.2 Å². The number of nitrogens with one attached hydrogen (secondary N) is 2. The first kappa shape index (κ1) is 46.8. The molecule has 3 atom stereocenters. The zero-order valence-electron chi connectivity index (χ0n) is 35.0. The Morgan fingerprint density at radius 2 is 1.14 bits per heavy atom. The first-order valence-electron chi connectivity index (χ1n) is 21.0. The smallest absolute Gasteiger partial charge is 0.410 e. The summed E-state index contributed by atoms with van der Waals surface area (Å²) < 4.78 is 11.2. The maximum Gasteiger partial charge on any atom is 0.410 e. The van der Waals surface area contributed by atoms with E-state index in [-0.39, 0.29) is 55.1 Å². The van der Waals surface area contributed by atoms with Crippen LogP contribution in [0.4, 0.5) is 9.59 Å². The molecular formula is C48H64ClN5O5. The van der Waals surface area contributed by atoms with Gasteiger partial charge in [-0.2, -0.15) is 0 Å². The van der Waals surface area contributed by atoms with Crippen molar-refractivity contribution in [1.82, 2.24) is 25.3 Å².